The summed E-state index contributed by atoms with van der Waals surface area (Å²) in [5.41, 5.74) is 7.36. The van der Waals surface area contributed by atoms with Gasteiger partial charge in [0.1, 0.15) is 11.9 Å². The maximum Gasteiger partial charge on any atom is 0.386 e. The zero-order valence-corrected chi connectivity index (χ0v) is 10.2. The van der Waals surface area contributed by atoms with Crippen molar-refractivity contribution in [3.63, 3.8) is 0 Å². The van der Waals surface area contributed by atoms with E-state index in [0.29, 0.717) is 12.2 Å². The van der Waals surface area contributed by atoms with E-state index in [2.05, 4.69) is 10.3 Å². The number of nitrogens with zero attached hydrogens (tertiary/aromatic N) is 2. The third-order valence-electron chi connectivity index (χ3n) is 2.70. The van der Waals surface area contributed by atoms with Gasteiger partial charge in [-0.2, -0.15) is 0 Å². The normalized spacial score (nSPS) is 11.8. The summed E-state index contributed by atoms with van der Waals surface area (Å²) in [4.78, 5) is 14.0. The van der Waals surface area contributed by atoms with Crippen LogP contribution in [-0.2, 0) is 0 Å². The first-order chi connectivity index (χ1) is 9.18. The highest BCUT2D eigenvalue weighted by Gasteiger charge is 2.14. The molecule has 0 aliphatic heterocycles. The Morgan fingerprint density at radius 2 is 2.00 bits per heavy atom. The second-order valence-corrected chi connectivity index (χ2v) is 4.03. The molecule has 3 N–H and O–H groups in total. The first-order valence-corrected chi connectivity index (χ1v) is 5.82. The maximum absolute atomic E-state index is 10.8. The predicted octanol–water partition coefficient (Wildman–Crippen LogP) is 2.10. The summed E-state index contributed by atoms with van der Waals surface area (Å²) in [5.74, 6) is -0.192. The third-order valence-corrected chi connectivity index (χ3v) is 2.70. The van der Waals surface area contributed by atoms with Gasteiger partial charge in [-0.15, -0.1) is 0 Å². The average molecular weight is 258 g/mol. The van der Waals surface area contributed by atoms with Gasteiger partial charge in [-0.05, 0) is 27.6 Å². The van der Waals surface area contributed by atoms with Gasteiger partial charge in [-0.1, -0.05) is 30.3 Å². The first-order valence-electron chi connectivity index (χ1n) is 5.82. The van der Waals surface area contributed by atoms with E-state index in [0.717, 1.165) is 5.56 Å². The van der Waals surface area contributed by atoms with Gasteiger partial charge >= 0.3 is 5.82 Å². The smallest absolute Gasteiger partial charge is 0.376 e. The fourth-order valence-electron chi connectivity index (χ4n) is 1.72. The van der Waals surface area contributed by atoms with Gasteiger partial charge in [0.05, 0.1) is 0 Å². The number of pyridine rings is 1. The summed E-state index contributed by atoms with van der Waals surface area (Å²) >= 11 is 0. The molecule has 0 aliphatic rings. The predicted molar refractivity (Wildman–Crippen MR) is 72.8 cm³/mol. The van der Waals surface area contributed by atoms with Crippen molar-refractivity contribution in [2.24, 2.45) is 5.73 Å². The molecule has 0 fully saturated rings. The summed E-state index contributed by atoms with van der Waals surface area (Å²) in [5, 5.41) is 13.8. The van der Waals surface area contributed by atoms with E-state index < -0.39 is 4.92 Å². The molecular weight excluding hydrogens is 244 g/mol. The van der Waals surface area contributed by atoms with Crippen molar-refractivity contribution in [1.29, 1.82) is 0 Å². The van der Waals surface area contributed by atoms with E-state index in [4.69, 9.17) is 5.73 Å². The number of hydrogen-bond acceptors (Lipinski definition) is 5. The van der Waals surface area contributed by atoms with Crippen molar-refractivity contribution in [3.05, 3.63) is 64.3 Å². The Morgan fingerprint density at radius 3 is 2.68 bits per heavy atom. The van der Waals surface area contributed by atoms with Crippen LogP contribution in [0, 0.1) is 10.1 Å². The van der Waals surface area contributed by atoms with Crippen LogP contribution < -0.4 is 11.1 Å². The molecule has 1 aromatic carbocycles. The Balaban J connectivity index is 2.05. The van der Waals surface area contributed by atoms with Crippen molar-refractivity contribution >= 4 is 11.5 Å². The van der Waals surface area contributed by atoms with Gasteiger partial charge in [-0.25, -0.2) is 0 Å². The fraction of sp³-hybridized carbons (Fsp3) is 0.154. The first kappa shape index (κ1) is 13.0. The molecule has 2 aromatic rings. The molecule has 0 bridgehead atoms. The number of rotatable bonds is 5. The van der Waals surface area contributed by atoms with Crippen LogP contribution >= 0.6 is 0 Å². The van der Waals surface area contributed by atoms with Crippen LogP contribution in [0.25, 0.3) is 0 Å². The molecule has 0 aliphatic carbocycles. The molecule has 2 rings (SSSR count). The maximum atomic E-state index is 10.8. The molecular formula is C13H14N4O2. The molecule has 1 heterocycles. The number of nitrogens with one attached hydrogen (secondary N) is 1. The lowest BCUT2D eigenvalue weighted by atomic mass is 10.1. The molecule has 0 spiro atoms. The minimum absolute atomic E-state index is 0.192. The highest BCUT2D eigenvalue weighted by atomic mass is 16.6. The largest absolute Gasteiger partial charge is 0.386 e. The minimum atomic E-state index is -0.517. The monoisotopic (exact) mass is 258 g/mol. The van der Waals surface area contributed by atoms with Crippen LogP contribution in [0.5, 0.6) is 0 Å². The summed E-state index contributed by atoms with van der Waals surface area (Å²) in [7, 11) is 0. The summed E-state index contributed by atoms with van der Waals surface area (Å²) in [6.07, 6.45) is 1.39. The Morgan fingerprint density at radius 1 is 1.26 bits per heavy atom. The minimum Gasteiger partial charge on any atom is -0.376 e. The quantitative estimate of drug-likeness (QED) is 0.632. The highest BCUT2D eigenvalue weighted by Crippen LogP contribution is 2.21. The van der Waals surface area contributed by atoms with Gasteiger partial charge in [0, 0.05) is 12.6 Å². The van der Waals surface area contributed by atoms with Crippen LogP contribution in [0.1, 0.15) is 11.6 Å². The third kappa shape index (κ3) is 3.26. The fourth-order valence-corrected chi connectivity index (χ4v) is 1.72. The summed E-state index contributed by atoms with van der Waals surface area (Å²) in [6.45, 7) is 0.399. The molecule has 0 amide bonds. The molecule has 0 radical (unpaired) electrons. The molecule has 19 heavy (non-hydrogen) atoms. The molecule has 6 heteroatoms. The molecule has 6 nitrogen and oxygen atoms in total. The highest BCUT2D eigenvalue weighted by molar-refractivity contribution is 5.56. The zero-order chi connectivity index (χ0) is 13.7. The molecule has 98 valence electrons. The SMILES string of the molecule is NC(CNc1cccnc1[N+](=O)[O-])c1ccccc1. The van der Waals surface area contributed by atoms with Crippen molar-refractivity contribution in [2.75, 3.05) is 11.9 Å². The lowest BCUT2D eigenvalue weighted by molar-refractivity contribution is -0.388. The van der Waals surface area contributed by atoms with Gasteiger partial charge in [-0.3, -0.25) is 0 Å². The van der Waals surface area contributed by atoms with Crippen LogP contribution in [0.15, 0.2) is 48.7 Å². The van der Waals surface area contributed by atoms with Gasteiger partial charge in [0.15, 0.2) is 0 Å². The number of nitrogens with two attached hydrogens (primary N) is 1. The van der Waals surface area contributed by atoms with Crippen molar-refractivity contribution < 1.29 is 4.92 Å². The Labute approximate surface area is 110 Å². The standard InChI is InChI=1S/C13H14N4O2/c14-11(10-5-2-1-3-6-10)9-16-12-7-4-8-15-13(12)17(18)19/h1-8,11,16H,9,14H2. The number of benzene rings is 1. The van der Waals surface area contributed by atoms with Gasteiger partial charge in [0.2, 0.25) is 0 Å². The molecule has 1 aromatic heterocycles. The summed E-state index contributed by atoms with van der Waals surface area (Å²) < 4.78 is 0. The van der Waals surface area contributed by atoms with Crippen LogP contribution in [-0.4, -0.2) is 16.5 Å². The zero-order valence-electron chi connectivity index (χ0n) is 10.2. The second kappa shape index (κ2) is 5.92. The molecule has 0 saturated heterocycles. The van der Waals surface area contributed by atoms with Gasteiger partial charge in [0.25, 0.3) is 0 Å². The second-order valence-electron chi connectivity index (χ2n) is 4.03. The van der Waals surface area contributed by atoms with Crippen LogP contribution in [0.3, 0.4) is 0 Å². The lowest BCUT2D eigenvalue weighted by Crippen LogP contribution is -2.21. The van der Waals surface area contributed by atoms with Crippen LogP contribution in [0.2, 0.25) is 0 Å². The lowest BCUT2D eigenvalue weighted by Gasteiger charge is -2.13. The van der Waals surface area contributed by atoms with Gasteiger partial charge < -0.3 is 21.2 Å². The number of aromatic nitrogens is 1. The van der Waals surface area contributed by atoms with E-state index in [1.807, 2.05) is 30.3 Å². The Bertz CT molecular complexity index is 560. The van der Waals surface area contributed by atoms with E-state index in [9.17, 15) is 10.1 Å². The number of hydrogen-bond donors (Lipinski definition) is 2. The number of anilines is 1. The topological polar surface area (TPSA) is 94.1 Å². The summed E-state index contributed by atoms with van der Waals surface area (Å²) in [6, 6.07) is 12.6. The molecule has 1 unspecified atom stereocenters. The molecule has 0 saturated carbocycles. The Kier molecular flexibility index (Phi) is 4.04. The van der Waals surface area contributed by atoms with Crippen molar-refractivity contribution in [3.8, 4) is 0 Å². The Hall–Kier alpha value is -2.47. The van der Waals surface area contributed by atoms with E-state index in [-0.39, 0.29) is 11.9 Å². The number of nitro groups is 1. The van der Waals surface area contributed by atoms with E-state index in [1.54, 1.807) is 12.1 Å². The van der Waals surface area contributed by atoms with Crippen LogP contribution in [0.4, 0.5) is 11.5 Å². The van der Waals surface area contributed by atoms with Crippen molar-refractivity contribution in [1.82, 2.24) is 4.98 Å². The van der Waals surface area contributed by atoms with E-state index >= 15 is 0 Å². The molecule has 1 atom stereocenters. The average Bonchev–Trinajstić information content (AvgIpc) is 2.46. The van der Waals surface area contributed by atoms with E-state index in [1.165, 1.54) is 6.20 Å². The van der Waals surface area contributed by atoms with Crippen molar-refractivity contribution in [2.45, 2.75) is 6.04 Å².